The smallest absolute Gasteiger partial charge is 0.303 e. The number of hydroxylamine groups is 1. The number of hydrogen-bond donors (Lipinski definition) is 3. The molecule has 6 heteroatoms. The number of nitrogens with zero attached hydrogens (tertiary/aromatic N) is 1. The lowest BCUT2D eigenvalue weighted by atomic mass is 10.0. The lowest BCUT2D eigenvalue weighted by Gasteiger charge is -2.24. The summed E-state index contributed by atoms with van der Waals surface area (Å²) in [6.45, 7) is 1.91. The molecule has 0 aliphatic carbocycles. The fraction of sp³-hybridized carbons (Fsp3) is 0.261. The highest BCUT2D eigenvalue weighted by atomic mass is 19.1. The minimum Gasteiger partial charge on any atom is -0.361 e. The molecule has 0 spiro atoms. The largest absolute Gasteiger partial charge is 0.361 e. The van der Waals surface area contributed by atoms with Gasteiger partial charge in [-0.1, -0.05) is 42.5 Å². The van der Waals surface area contributed by atoms with Crippen molar-refractivity contribution in [3.05, 3.63) is 77.2 Å². The summed E-state index contributed by atoms with van der Waals surface area (Å²) < 4.78 is 13.5. The number of aromatic amines is 1. The maximum Gasteiger partial charge on any atom is 0.303 e. The van der Waals surface area contributed by atoms with Crippen LogP contribution in [0.1, 0.15) is 29.5 Å². The molecule has 3 aromatic rings. The zero-order valence-electron chi connectivity index (χ0n) is 16.1. The lowest BCUT2D eigenvalue weighted by molar-refractivity contribution is -0.126. The first-order valence-corrected chi connectivity index (χ1v) is 9.83. The van der Waals surface area contributed by atoms with Gasteiger partial charge in [0.25, 0.3) is 0 Å². The number of fused-ring (bicyclic) bond motifs is 1. The Labute approximate surface area is 168 Å². The van der Waals surface area contributed by atoms with Crippen molar-refractivity contribution in [1.29, 1.82) is 0 Å². The van der Waals surface area contributed by atoms with Gasteiger partial charge in [-0.25, -0.2) is 9.87 Å². The topological polar surface area (TPSA) is 68.4 Å². The van der Waals surface area contributed by atoms with E-state index in [-0.39, 0.29) is 0 Å². The van der Waals surface area contributed by atoms with E-state index >= 15 is 0 Å². The minimum absolute atomic E-state index is 0.500. The number of H-pyrrole nitrogens is 1. The molecule has 3 N–H and O–H groups in total. The molecule has 5 nitrogen and oxygen atoms in total. The van der Waals surface area contributed by atoms with Crippen molar-refractivity contribution in [1.82, 2.24) is 15.4 Å². The molecule has 1 aromatic heterocycles. The van der Waals surface area contributed by atoms with E-state index in [4.69, 9.17) is 5.21 Å². The van der Waals surface area contributed by atoms with Gasteiger partial charge in [-0.2, -0.15) is 0 Å². The van der Waals surface area contributed by atoms with E-state index < -0.39 is 11.7 Å². The van der Waals surface area contributed by atoms with E-state index in [1.165, 1.54) is 34.8 Å². The average molecular weight is 393 g/mol. The molecule has 1 fully saturated rings. The van der Waals surface area contributed by atoms with E-state index in [0.29, 0.717) is 11.6 Å². The van der Waals surface area contributed by atoms with Crippen LogP contribution >= 0.6 is 0 Å². The normalized spacial score (nSPS) is 17.7. The maximum atomic E-state index is 13.5. The highest BCUT2D eigenvalue weighted by Gasteiger charge is 2.25. The van der Waals surface area contributed by atoms with Crippen molar-refractivity contribution < 1.29 is 14.4 Å². The standard InChI is InChI=1S/C23H24FN3O2/c24-21(23(28)26-29)12-16-7-9-17(10-8-16)15-27-11-3-4-19(27)13-18-14-25-22-6-2-1-5-20(18)22/h1-2,5-10,12,14,19,25,29H,3-4,11,13,15H2,(H,26,28)/b21-12-/t19-/m1/s1. The summed E-state index contributed by atoms with van der Waals surface area (Å²) in [5.41, 5.74) is 5.55. The van der Waals surface area contributed by atoms with Crippen molar-refractivity contribution in [3.8, 4) is 0 Å². The quantitative estimate of drug-likeness (QED) is 0.334. The predicted molar refractivity (Wildman–Crippen MR) is 111 cm³/mol. The summed E-state index contributed by atoms with van der Waals surface area (Å²) in [4.78, 5) is 16.9. The Bertz CT molecular complexity index is 1030. The second kappa shape index (κ2) is 8.59. The molecule has 1 amide bonds. The van der Waals surface area contributed by atoms with E-state index in [2.05, 4.69) is 34.3 Å². The SMILES string of the molecule is O=C(NO)/C(F)=C/c1ccc(CN2CCC[C@@H]2Cc2c[nH]c3ccccc23)cc1. The van der Waals surface area contributed by atoms with Crippen LogP contribution in [0.15, 0.2) is 60.6 Å². The van der Waals surface area contributed by atoms with Crippen LogP contribution in [0, 0.1) is 0 Å². The van der Waals surface area contributed by atoms with Gasteiger partial charge in [0.2, 0.25) is 0 Å². The Hall–Kier alpha value is -2.96. The summed E-state index contributed by atoms with van der Waals surface area (Å²) in [5.74, 6) is -2.18. The molecule has 0 bridgehead atoms. The lowest BCUT2D eigenvalue weighted by Crippen LogP contribution is -2.30. The number of benzene rings is 2. The van der Waals surface area contributed by atoms with Crippen molar-refractivity contribution in [3.63, 3.8) is 0 Å². The zero-order chi connectivity index (χ0) is 20.2. The number of nitrogens with one attached hydrogen (secondary N) is 2. The Kier molecular flexibility index (Phi) is 5.74. The van der Waals surface area contributed by atoms with Crippen molar-refractivity contribution in [2.75, 3.05) is 6.54 Å². The molecule has 1 aliphatic rings. The molecule has 1 aliphatic heterocycles. The number of hydrogen-bond acceptors (Lipinski definition) is 3. The second-order valence-electron chi connectivity index (χ2n) is 7.50. The van der Waals surface area contributed by atoms with E-state index in [0.717, 1.165) is 31.1 Å². The summed E-state index contributed by atoms with van der Waals surface area (Å²) in [6.07, 6.45) is 6.62. The second-order valence-corrected chi connectivity index (χ2v) is 7.50. The number of rotatable bonds is 6. The van der Waals surface area contributed by atoms with E-state index in [1.807, 2.05) is 18.2 Å². The first-order valence-electron chi connectivity index (χ1n) is 9.83. The molecule has 150 valence electrons. The molecule has 0 saturated carbocycles. The number of carbonyl (C=O) groups excluding carboxylic acids is 1. The number of likely N-dealkylation sites (tertiary alicyclic amines) is 1. The highest BCUT2D eigenvalue weighted by Crippen LogP contribution is 2.27. The number of aromatic nitrogens is 1. The average Bonchev–Trinajstić information content (AvgIpc) is 3.36. The van der Waals surface area contributed by atoms with Crippen LogP contribution < -0.4 is 5.48 Å². The highest BCUT2D eigenvalue weighted by molar-refractivity contribution is 5.94. The van der Waals surface area contributed by atoms with Gasteiger partial charge in [-0.3, -0.25) is 14.9 Å². The molecular weight excluding hydrogens is 369 g/mol. The molecule has 1 atom stereocenters. The summed E-state index contributed by atoms with van der Waals surface area (Å²) >= 11 is 0. The maximum absolute atomic E-state index is 13.5. The van der Waals surface area contributed by atoms with Crippen LogP contribution in [0.2, 0.25) is 0 Å². The predicted octanol–water partition coefficient (Wildman–Crippen LogP) is 4.19. The third-order valence-electron chi connectivity index (χ3n) is 5.61. The summed E-state index contributed by atoms with van der Waals surface area (Å²) in [5, 5.41) is 9.77. The zero-order valence-corrected chi connectivity index (χ0v) is 16.1. The van der Waals surface area contributed by atoms with Crippen molar-refractivity contribution in [2.24, 2.45) is 0 Å². The third-order valence-corrected chi connectivity index (χ3v) is 5.61. The van der Waals surface area contributed by atoms with Crippen molar-refractivity contribution in [2.45, 2.75) is 31.8 Å². The minimum atomic E-state index is -1.15. The molecular formula is C23H24FN3O2. The Morgan fingerprint density at radius 3 is 2.83 bits per heavy atom. The van der Waals surface area contributed by atoms with Crippen molar-refractivity contribution >= 4 is 22.9 Å². The van der Waals surface area contributed by atoms with E-state index in [1.54, 1.807) is 12.1 Å². The van der Waals surface area contributed by atoms with Crippen LogP contribution in [-0.4, -0.2) is 33.6 Å². The number of carbonyl (C=O) groups is 1. The van der Waals surface area contributed by atoms with Gasteiger partial charge in [0.15, 0.2) is 5.83 Å². The van der Waals surface area contributed by atoms with Crippen LogP contribution in [0.4, 0.5) is 4.39 Å². The first-order chi connectivity index (χ1) is 14.1. The molecule has 29 heavy (non-hydrogen) atoms. The van der Waals surface area contributed by atoms with Crippen LogP contribution in [0.5, 0.6) is 0 Å². The Morgan fingerprint density at radius 2 is 2.03 bits per heavy atom. The monoisotopic (exact) mass is 393 g/mol. The van der Waals surface area contributed by atoms with Gasteiger partial charge in [0, 0.05) is 29.7 Å². The molecule has 2 heterocycles. The summed E-state index contributed by atoms with van der Waals surface area (Å²) in [6, 6.07) is 16.4. The third kappa shape index (κ3) is 4.39. The summed E-state index contributed by atoms with van der Waals surface area (Å²) in [7, 11) is 0. The number of amides is 1. The van der Waals surface area contributed by atoms with Gasteiger partial charge < -0.3 is 4.98 Å². The fourth-order valence-corrected chi connectivity index (χ4v) is 4.11. The van der Waals surface area contributed by atoms with Gasteiger partial charge in [-0.05, 0) is 54.6 Å². The fourth-order valence-electron chi connectivity index (χ4n) is 4.11. The molecule has 1 saturated heterocycles. The van der Waals surface area contributed by atoms with Crippen LogP contribution in [-0.2, 0) is 17.8 Å². The van der Waals surface area contributed by atoms with Crippen LogP contribution in [0.25, 0.3) is 17.0 Å². The Morgan fingerprint density at radius 1 is 1.24 bits per heavy atom. The molecule has 4 rings (SSSR count). The first kappa shape index (κ1) is 19.4. The van der Waals surface area contributed by atoms with Gasteiger partial charge in [0.05, 0.1) is 0 Å². The Balaban J connectivity index is 1.43. The number of halogens is 1. The molecule has 0 unspecified atom stereocenters. The van der Waals surface area contributed by atoms with E-state index in [9.17, 15) is 9.18 Å². The van der Waals surface area contributed by atoms with Gasteiger partial charge in [-0.15, -0.1) is 0 Å². The molecule has 2 aromatic carbocycles. The van der Waals surface area contributed by atoms with Gasteiger partial charge >= 0.3 is 5.91 Å². The molecule has 0 radical (unpaired) electrons. The van der Waals surface area contributed by atoms with Gasteiger partial charge in [0.1, 0.15) is 0 Å². The van der Waals surface area contributed by atoms with Crippen LogP contribution in [0.3, 0.4) is 0 Å². The number of para-hydroxylation sites is 1.